The molecular formula is C20H21N3O6. The van der Waals surface area contributed by atoms with Crippen LogP contribution in [0.5, 0.6) is 11.5 Å². The van der Waals surface area contributed by atoms with Gasteiger partial charge in [0, 0.05) is 13.6 Å². The molecule has 29 heavy (non-hydrogen) atoms. The molecule has 0 spiro atoms. The Morgan fingerprint density at radius 2 is 1.97 bits per heavy atom. The number of likely N-dealkylation sites (N-methyl/N-ethyl adjacent to an activating group) is 1. The summed E-state index contributed by atoms with van der Waals surface area (Å²) < 4.78 is 16.3. The average Bonchev–Trinajstić information content (AvgIpc) is 3.32. The van der Waals surface area contributed by atoms with Gasteiger partial charge in [0.1, 0.15) is 25.5 Å². The number of carbonyl (C=O) groups excluding carboxylic acids is 3. The lowest BCUT2D eigenvalue weighted by Crippen LogP contribution is -2.43. The van der Waals surface area contributed by atoms with Gasteiger partial charge in [0.15, 0.2) is 17.0 Å². The molecule has 2 aliphatic rings. The van der Waals surface area contributed by atoms with Gasteiger partial charge in [-0.1, -0.05) is 6.07 Å². The molecule has 2 aliphatic heterocycles. The van der Waals surface area contributed by atoms with E-state index in [0.29, 0.717) is 37.0 Å². The molecule has 4 amide bonds. The van der Waals surface area contributed by atoms with Crippen LogP contribution in [0.2, 0.25) is 0 Å². The van der Waals surface area contributed by atoms with Crippen LogP contribution in [0.3, 0.4) is 0 Å². The lowest BCUT2D eigenvalue weighted by molar-refractivity contribution is -0.138. The summed E-state index contributed by atoms with van der Waals surface area (Å²) in [6, 6.07) is 8.08. The molecular weight excluding hydrogens is 378 g/mol. The fourth-order valence-electron chi connectivity index (χ4n) is 3.37. The highest BCUT2D eigenvalue weighted by Crippen LogP contribution is 2.31. The molecule has 2 aromatic rings. The molecule has 9 nitrogen and oxygen atoms in total. The van der Waals surface area contributed by atoms with Crippen molar-refractivity contribution in [1.29, 1.82) is 0 Å². The smallest absolute Gasteiger partial charge is 0.325 e. The van der Waals surface area contributed by atoms with Crippen molar-refractivity contribution < 1.29 is 28.3 Å². The van der Waals surface area contributed by atoms with Gasteiger partial charge >= 0.3 is 6.03 Å². The van der Waals surface area contributed by atoms with Crippen molar-refractivity contribution in [3.63, 3.8) is 0 Å². The fourth-order valence-corrected chi connectivity index (χ4v) is 3.37. The van der Waals surface area contributed by atoms with E-state index in [1.807, 2.05) is 12.1 Å². The summed E-state index contributed by atoms with van der Waals surface area (Å²) in [4.78, 5) is 40.1. The van der Waals surface area contributed by atoms with E-state index < -0.39 is 17.5 Å². The van der Waals surface area contributed by atoms with E-state index in [1.165, 1.54) is 11.2 Å². The first-order chi connectivity index (χ1) is 13.9. The van der Waals surface area contributed by atoms with Gasteiger partial charge in [-0.05, 0) is 36.8 Å². The van der Waals surface area contributed by atoms with Crippen LogP contribution in [-0.2, 0) is 21.7 Å². The summed E-state index contributed by atoms with van der Waals surface area (Å²) in [6.07, 6.45) is 1.43. The number of ether oxygens (including phenoxy) is 2. The largest absolute Gasteiger partial charge is 0.486 e. The van der Waals surface area contributed by atoms with Crippen LogP contribution >= 0.6 is 0 Å². The molecule has 0 saturated carbocycles. The maximum Gasteiger partial charge on any atom is 0.325 e. The Hall–Kier alpha value is -3.49. The van der Waals surface area contributed by atoms with Gasteiger partial charge in [0.25, 0.3) is 5.91 Å². The molecule has 0 unspecified atom stereocenters. The van der Waals surface area contributed by atoms with Gasteiger partial charge in [-0.2, -0.15) is 0 Å². The van der Waals surface area contributed by atoms with Gasteiger partial charge in [0.05, 0.1) is 6.26 Å². The quantitative estimate of drug-likeness (QED) is 0.765. The molecule has 4 rings (SSSR count). The molecule has 9 heteroatoms. The Balaban J connectivity index is 1.42. The average molecular weight is 399 g/mol. The lowest BCUT2D eigenvalue weighted by atomic mass is 9.99. The zero-order valence-corrected chi connectivity index (χ0v) is 16.1. The Labute approximate surface area is 167 Å². The van der Waals surface area contributed by atoms with Crippen LogP contribution in [0.1, 0.15) is 18.2 Å². The van der Waals surface area contributed by atoms with E-state index in [2.05, 4.69) is 5.32 Å². The maximum atomic E-state index is 12.8. The number of hydrogen-bond donors (Lipinski definition) is 1. The van der Waals surface area contributed by atoms with Gasteiger partial charge in [-0.25, -0.2) is 4.79 Å². The highest BCUT2D eigenvalue weighted by Gasteiger charge is 2.51. The normalized spacial score (nSPS) is 20.6. The second-order valence-corrected chi connectivity index (χ2v) is 7.15. The van der Waals surface area contributed by atoms with Crippen LogP contribution in [0.25, 0.3) is 0 Å². The Morgan fingerprint density at radius 3 is 2.69 bits per heavy atom. The third-order valence-corrected chi connectivity index (χ3v) is 5.03. The van der Waals surface area contributed by atoms with Crippen molar-refractivity contribution in [3.8, 4) is 11.5 Å². The number of imide groups is 1. The Kier molecular flexibility index (Phi) is 4.65. The molecule has 3 heterocycles. The molecule has 1 aromatic heterocycles. The molecule has 1 atom stereocenters. The molecule has 1 fully saturated rings. The lowest BCUT2D eigenvalue weighted by Gasteiger charge is -2.23. The van der Waals surface area contributed by atoms with Crippen molar-refractivity contribution in [1.82, 2.24) is 15.1 Å². The monoisotopic (exact) mass is 399 g/mol. The molecule has 0 radical (unpaired) electrons. The van der Waals surface area contributed by atoms with E-state index in [1.54, 1.807) is 32.2 Å². The molecule has 1 N–H and O–H groups in total. The minimum absolute atomic E-state index is 0.300. The van der Waals surface area contributed by atoms with Gasteiger partial charge < -0.3 is 24.1 Å². The standard InChI is InChI=1S/C20H21N3O6/c1-20(16-4-3-7-29-16)18(25)23(19(26)21-20)12-17(24)22(2)11-13-5-6-14-15(10-13)28-9-8-27-14/h3-7,10H,8-9,11-12H2,1-2H3,(H,21,26)/t20-/m0/s1. The van der Waals surface area contributed by atoms with Gasteiger partial charge in [0.2, 0.25) is 5.91 Å². The number of carbonyl (C=O) groups is 3. The van der Waals surface area contributed by atoms with E-state index in [-0.39, 0.29) is 12.5 Å². The van der Waals surface area contributed by atoms with Gasteiger partial charge in [-0.3, -0.25) is 14.5 Å². The minimum atomic E-state index is -1.32. The third-order valence-electron chi connectivity index (χ3n) is 5.03. The SMILES string of the molecule is CN(Cc1ccc2c(c1)OCCO2)C(=O)CN1C(=O)N[C@@](C)(c2ccco2)C1=O. The van der Waals surface area contributed by atoms with Crippen molar-refractivity contribution >= 4 is 17.8 Å². The van der Waals surface area contributed by atoms with Crippen LogP contribution in [0.15, 0.2) is 41.0 Å². The number of rotatable bonds is 5. The first kappa shape index (κ1) is 18.9. The van der Waals surface area contributed by atoms with Crippen LogP contribution in [0.4, 0.5) is 4.79 Å². The molecule has 0 aliphatic carbocycles. The van der Waals surface area contributed by atoms with Crippen molar-refractivity contribution in [2.24, 2.45) is 0 Å². The Bertz CT molecular complexity index is 957. The molecule has 1 aromatic carbocycles. The first-order valence-corrected chi connectivity index (χ1v) is 9.19. The van der Waals surface area contributed by atoms with E-state index in [4.69, 9.17) is 13.9 Å². The summed E-state index contributed by atoms with van der Waals surface area (Å²) in [5.41, 5.74) is -0.474. The topological polar surface area (TPSA) is 101 Å². The van der Waals surface area contributed by atoms with Gasteiger partial charge in [-0.15, -0.1) is 0 Å². The summed E-state index contributed by atoms with van der Waals surface area (Å²) in [5.74, 6) is 0.726. The second kappa shape index (κ2) is 7.16. The number of benzene rings is 1. The predicted molar refractivity (Wildman–Crippen MR) is 100 cm³/mol. The van der Waals surface area contributed by atoms with Crippen LogP contribution in [-0.4, -0.2) is 54.5 Å². The summed E-state index contributed by atoms with van der Waals surface area (Å²) in [6.45, 7) is 2.48. The highest BCUT2D eigenvalue weighted by atomic mass is 16.6. The zero-order valence-electron chi connectivity index (χ0n) is 16.1. The van der Waals surface area contributed by atoms with Crippen LogP contribution < -0.4 is 14.8 Å². The number of hydrogen-bond acceptors (Lipinski definition) is 6. The fraction of sp³-hybridized carbons (Fsp3) is 0.350. The van der Waals surface area contributed by atoms with Crippen LogP contribution in [0, 0.1) is 0 Å². The first-order valence-electron chi connectivity index (χ1n) is 9.19. The Morgan fingerprint density at radius 1 is 1.21 bits per heavy atom. The highest BCUT2D eigenvalue weighted by molar-refractivity contribution is 6.08. The predicted octanol–water partition coefficient (Wildman–Crippen LogP) is 1.48. The molecule has 1 saturated heterocycles. The summed E-state index contributed by atoms with van der Waals surface area (Å²) in [7, 11) is 1.61. The zero-order chi connectivity index (χ0) is 20.6. The number of furan rings is 1. The molecule has 0 bridgehead atoms. The third kappa shape index (κ3) is 3.39. The van der Waals surface area contributed by atoms with Crippen molar-refractivity contribution in [3.05, 3.63) is 47.9 Å². The number of nitrogens with one attached hydrogen (secondary N) is 1. The number of amides is 4. The maximum absolute atomic E-state index is 12.8. The van der Waals surface area contributed by atoms with E-state index in [9.17, 15) is 14.4 Å². The number of nitrogens with zero attached hydrogens (tertiary/aromatic N) is 2. The van der Waals surface area contributed by atoms with Crippen molar-refractivity contribution in [2.75, 3.05) is 26.8 Å². The number of urea groups is 1. The summed E-state index contributed by atoms with van der Waals surface area (Å²) >= 11 is 0. The van der Waals surface area contributed by atoms with E-state index >= 15 is 0 Å². The second-order valence-electron chi connectivity index (χ2n) is 7.15. The summed E-state index contributed by atoms with van der Waals surface area (Å²) in [5, 5.41) is 2.60. The van der Waals surface area contributed by atoms with Crippen molar-refractivity contribution in [2.45, 2.75) is 19.0 Å². The minimum Gasteiger partial charge on any atom is -0.486 e. The van der Waals surface area contributed by atoms with E-state index in [0.717, 1.165) is 10.5 Å². The number of fused-ring (bicyclic) bond motifs is 1. The molecule has 152 valence electrons.